The summed E-state index contributed by atoms with van der Waals surface area (Å²) >= 11 is 0. The monoisotopic (exact) mass is 943 g/mol. The van der Waals surface area contributed by atoms with Crippen LogP contribution in [0.4, 0.5) is 0 Å². The number of rotatable bonds is 3. The van der Waals surface area contributed by atoms with Crippen LogP contribution >= 0.6 is 21.6 Å². The van der Waals surface area contributed by atoms with Gasteiger partial charge in [-0.1, -0.05) is 90.4 Å². The molecule has 5 N–H and O–H groups in total. The summed E-state index contributed by atoms with van der Waals surface area (Å²) in [5.41, 5.74) is 11.2. The van der Waals surface area contributed by atoms with Crippen molar-refractivity contribution in [1.82, 2.24) is 10.2 Å². The molecule has 4 bridgehead atoms. The van der Waals surface area contributed by atoms with Gasteiger partial charge >= 0.3 is 5.97 Å². The first-order valence-electron chi connectivity index (χ1n) is 26.1. The number of fused-ring (bicyclic) bond motifs is 8. The zero-order valence-corrected chi connectivity index (χ0v) is 41.4. The molecule has 2 aromatic carbocycles. The van der Waals surface area contributed by atoms with Gasteiger partial charge in [-0.25, -0.2) is 0 Å². The fourth-order valence-corrected chi connectivity index (χ4v) is 18.3. The number of nitrogens with two attached hydrogens (primary N) is 1. The van der Waals surface area contributed by atoms with Gasteiger partial charge in [0.1, 0.15) is 17.1 Å². The van der Waals surface area contributed by atoms with Gasteiger partial charge in [0.2, 0.25) is 5.91 Å². The normalized spacial score (nSPS) is 32.1. The maximum absolute atomic E-state index is 14.3. The highest BCUT2D eigenvalue weighted by Gasteiger charge is 2.57. The molecule has 9 rings (SSSR count). The van der Waals surface area contributed by atoms with Gasteiger partial charge in [-0.3, -0.25) is 14.6 Å². The number of aliphatic hydroxyl groups is 1. The predicted octanol–water partition coefficient (Wildman–Crippen LogP) is 10.7. The fraction of sp³-hybridized carbons (Fsp3) is 0.722. The number of ether oxygens (including phenoxy) is 2. The van der Waals surface area contributed by atoms with Crippen LogP contribution in [0.3, 0.4) is 0 Å². The first-order valence-corrected chi connectivity index (χ1v) is 28.4. The average molecular weight is 943 g/mol. The molecule has 6 unspecified atom stereocenters. The Kier molecular flexibility index (Phi) is 15.2. The minimum Gasteiger partial charge on any atom is -0.504 e. The molecule has 2 aromatic rings. The molecule has 362 valence electrons. The van der Waals surface area contributed by atoms with Crippen molar-refractivity contribution in [2.45, 2.75) is 204 Å². The lowest BCUT2D eigenvalue weighted by molar-refractivity contribution is -0.148. The smallest absolute Gasteiger partial charge is 0.302 e. The van der Waals surface area contributed by atoms with Gasteiger partial charge in [0.25, 0.3) is 0 Å². The third kappa shape index (κ3) is 10.7. The lowest BCUT2D eigenvalue weighted by atomic mass is 9.78. The second-order valence-corrected chi connectivity index (χ2v) is 24.7. The summed E-state index contributed by atoms with van der Waals surface area (Å²) in [4.78, 5) is 33.8. The zero-order chi connectivity index (χ0) is 45.8. The molecule has 66 heavy (non-hydrogen) atoms. The van der Waals surface area contributed by atoms with E-state index < -0.39 is 12.2 Å². The highest BCUT2D eigenvalue weighted by Crippen LogP contribution is 2.64. The number of guanidine groups is 1. The van der Waals surface area contributed by atoms with Gasteiger partial charge in [-0.05, 0) is 144 Å². The second-order valence-electron chi connectivity index (χ2n) is 22.1. The van der Waals surface area contributed by atoms with Crippen LogP contribution in [0.25, 0.3) is 0 Å². The Morgan fingerprint density at radius 2 is 1.67 bits per heavy atom. The summed E-state index contributed by atoms with van der Waals surface area (Å²) in [6, 6.07) is 12.6. The third-order valence-corrected chi connectivity index (χ3v) is 21.0. The number of phenols is 1. The molecule has 4 aliphatic carbocycles. The van der Waals surface area contributed by atoms with E-state index in [0.29, 0.717) is 80.2 Å². The Balaban J connectivity index is 1.03. The first-order chi connectivity index (χ1) is 32.0. The molecular weight excluding hydrogens is 865 g/mol. The van der Waals surface area contributed by atoms with Crippen LogP contribution in [-0.4, -0.2) is 75.0 Å². The summed E-state index contributed by atoms with van der Waals surface area (Å²) in [5, 5.41) is 27.6. The number of nitrogens with one attached hydrogen (secondary N) is 1. The van der Waals surface area contributed by atoms with Crippen molar-refractivity contribution < 1.29 is 29.3 Å². The van der Waals surface area contributed by atoms with Gasteiger partial charge in [-0.15, -0.1) is 0 Å². The van der Waals surface area contributed by atoms with E-state index >= 15 is 0 Å². The molecule has 1 amide bonds. The molecule has 3 spiro atoms. The number of aryl methyl sites for hydroxylation is 1. The molecule has 6 atom stereocenters. The number of benzene rings is 2. The number of aromatic hydroxyl groups is 1. The number of hydrogen-bond donors (Lipinski definition) is 4. The minimum absolute atomic E-state index is 0.0702. The van der Waals surface area contributed by atoms with E-state index in [-0.39, 0.29) is 46.0 Å². The van der Waals surface area contributed by atoms with E-state index in [2.05, 4.69) is 57.2 Å². The molecule has 3 heterocycles. The molecule has 0 aromatic heterocycles. The fourth-order valence-electron chi connectivity index (χ4n) is 14.0. The molecule has 12 heteroatoms. The predicted molar refractivity (Wildman–Crippen MR) is 266 cm³/mol. The second kappa shape index (κ2) is 20.9. The zero-order valence-electron chi connectivity index (χ0n) is 39.8. The number of aliphatic imine (C=N–C) groups is 1. The van der Waals surface area contributed by atoms with Crippen molar-refractivity contribution >= 4 is 39.4 Å². The molecule has 1 saturated heterocycles. The molecule has 0 radical (unpaired) electrons. The lowest BCUT2D eigenvalue weighted by Gasteiger charge is -2.44. The maximum atomic E-state index is 14.3. The Morgan fingerprint density at radius 1 is 0.909 bits per heavy atom. The standard InChI is InChI=1S/C54H78N4O6S2/c1-38(59)63-44-20-18-41-31-42(48(62)49-45(41)21-19-40-15-11-17-46(40)64-49)35-58-36-52(34-47(58)61,33-39-13-3-2-4-14-39)29-30-56-50(55)57-54(28-12-27-53(54)25-9-10-26-53)66-65-37-51(23-7-8-24-51)22-6-5-16-43(60)32-44/h2-4,13-14,31,40,43-44,46,60,62H,5-12,15-30,32-37H2,1H3,(H3,55,56,57). The van der Waals surface area contributed by atoms with Gasteiger partial charge < -0.3 is 35.6 Å². The van der Waals surface area contributed by atoms with Gasteiger partial charge in [0.05, 0.1) is 6.10 Å². The SMILES string of the molecule is CC(=O)OC1CCc2cc(c(O)c3c2CCC2CCCC2O3)CN2CC(Cc3ccccc3)(CCN=C(N)NC3(CCCC34CCCC4)SSCC3(CCCCC(O)C1)CCCC3)CC2=O. The highest BCUT2D eigenvalue weighted by atomic mass is 33.1. The van der Waals surface area contributed by atoms with Crippen LogP contribution < -0.4 is 15.8 Å². The number of nitrogens with zero attached hydrogens (tertiary/aromatic N) is 2. The van der Waals surface area contributed by atoms with E-state index in [4.69, 9.17) is 20.2 Å². The van der Waals surface area contributed by atoms with Crippen molar-refractivity contribution in [3.05, 3.63) is 58.7 Å². The van der Waals surface area contributed by atoms with Crippen molar-refractivity contribution in [3.63, 3.8) is 0 Å². The summed E-state index contributed by atoms with van der Waals surface area (Å²) < 4.78 is 12.7. The number of carbonyl (C=O) groups is 2. The van der Waals surface area contributed by atoms with Crippen LogP contribution in [0.15, 0.2) is 41.4 Å². The number of amides is 1. The van der Waals surface area contributed by atoms with Gasteiger partial charge in [0.15, 0.2) is 17.5 Å². The Morgan fingerprint density at radius 3 is 2.45 bits per heavy atom. The van der Waals surface area contributed by atoms with Crippen molar-refractivity contribution in [2.24, 2.45) is 32.9 Å². The highest BCUT2D eigenvalue weighted by molar-refractivity contribution is 8.77. The van der Waals surface area contributed by atoms with Crippen molar-refractivity contribution in [1.29, 1.82) is 0 Å². The number of hydrogen-bond acceptors (Lipinski definition) is 11. The molecule has 4 saturated carbocycles. The van der Waals surface area contributed by atoms with Crippen LogP contribution in [0, 0.1) is 22.2 Å². The van der Waals surface area contributed by atoms with E-state index in [1.54, 1.807) is 0 Å². The molecule has 5 fully saturated rings. The minimum atomic E-state index is -0.562. The Labute approximate surface area is 402 Å². The van der Waals surface area contributed by atoms with Crippen LogP contribution in [0.5, 0.6) is 11.5 Å². The summed E-state index contributed by atoms with van der Waals surface area (Å²) in [6.07, 6.45) is 25.1. The lowest BCUT2D eigenvalue weighted by Crippen LogP contribution is -2.55. The van der Waals surface area contributed by atoms with Crippen molar-refractivity contribution in [3.8, 4) is 11.5 Å². The average Bonchev–Trinajstić information content (AvgIpc) is 4.14. The van der Waals surface area contributed by atoms with Crippen molar-refractivity contribution in [2.75, 3.05) is 18.8 Å². The van der Waals surface area contributed by atoms with Crippen LogP contribution in [0.1, 0.15) is 177 Å². The van der Waals surface area contributed by atoms with E-state index in [1.807, 2.05) is 11.0 Å². The van der Waals surface area contributed by atoms with E-state index in [0.717, 1.165) is 74.7 Å². The van der Waals surface area contributed by atoms with Crippen LogP contribution in [0.2, 0.25) is 0 Å². The summed E-state index contributed by atoms with van der Waals surface area (Å²) in [5.74, 6) is 2.59. The Hall–Kier alpha value is -3.09. The van der Waals surface area contributed by atoms with E-state index in [9.17, 15) is 19.8 Å². The summed E-state index contributed by atoms with van der Waals surface area (Å²) in [6.45, 7) is 2.81. The number of phenolic OH excluding ortho intramolecular Hbond substituents is 1. The number of carbonyl (C=O) groups excluding carboxylic acids is 2. The molecule has 7 aliphatic rings. The largest absolute Gasteiger partial charge is 0.504 e. The molecule has 10 nitrogen and oxygen atoms in total. The molecule has 3 aliphatic heterocycles. The third-order valence-electron chi connectivity index (χ3n) is 17.5. The van der Waals surface area contributed by atoms with Gasteiger partial charge in [0, 0.05) is 67.1 Å². The van der Waals surface area contributed by atoms with Crippen LogP contribution in [-0.2, 0) is 40.1 Å². The Bertz CT molecular complexity index is 2030. The topological polar surface area (TPSA) is 147 Å². The van der Waals surface area contributed by atoms with E-state index in [1.165, 1.54) is 83.1 Å². The quantitative estimate of drug-likeness (QED) is 0.173. The molecular formula is C54H78N4O6S2. The maximum Gasteiger partial charge on any atom is 0.302 e. The summed E-state index contributed by atoms with van der Waals surface area (Å²) in [7, 11) is 4.14. The number of esters is 1. The number of aliphatic hydroxyl groups excluding tert-OH is 1. The first kappa shape index (κ1) is 48.0. The van der Waals surface area contributed by atoms with Gasteiger partial charge in [-0.2, -0.15) is 0 Å².